The molecule has 0 aliphatic rings. The molecule has 0 saturated carbocycles. The van der Waals surface area contributed by atoms with E-state index < -0.39 is 17.2 Å². The minimum atomic E-state index is -4.32. The highest BCUT2D eigenvalue weighted by atomic mass is 19.4. The summed E-state index contributed by atoms with van der Waals surface area (Å²) in [6.07, 6.45) is -1.65. The third-order valence-corrected chi connectivity index (χ3v) is 6.36. The first-order chi connectivity index (χ1) is 16.6. The maximum Gasteiger partial charge on any atom is 0.416 e. The zero-order valence-corrected chi connectivity index (χ0v) is 21.1. The molecule has 0 aliphatic carbocycles. The largest absolute Gasteiger partial charge is 0.493 e. The standard InChI is InChI=1S/C27H35F3N2O3/c1-19(2)26(18-31,22-16-23(33-3)25(35-5)24(17-22)34-4)12-8-14-32-13-7-10-20-9-6-11-21(15-20)27(28,29)30/h6,9,11,15-17,19,32H,7-8,10,12-14H2,1-5H3. The quantitative estimate of drug-likeness (QED) is 0.340. The first-order valence-corrected chi connectivity index (χ1v) is 11.7. The molecule has 1 unspecified atom stereocenters. The number of alkyl halides is 3. The van der Waals surface area contributed by atoms with Crippen LogP contribution in [0.5, 0.6) is 17.2 Å². The molecule has 1 N–H and O–H groups in total. The summed E-state index contributed by atoms with van der Waals surface area (Å²) in [5.74, 6) is 1.54. The number of nitrogens with zero attached hydrogens (tertiary/aromatic N) is 1. The molecule has 192 valence electrons. The molecule has 2 aromatic rings. The Labute approximate surface area is 206 Å². The summed E-state index contributed by atoms with van der Waals surface area (Å²) in [5, 5.41) is 13.6. The maximum atomic E-state index is 12.9. The lowest BCUT2D eigenvalue weighted by Crippen LogP contribution is -2.32. The van der Waals surface area contributed by atoms with Crippen LogP contribution in [-0.4, -0.2) is 34.4 Å². The van der Waals surface area contributed by atoms with Gasteiger partial charge in [0.1, 0.15) is 0 Å². The number of rotatable bonds is 13. The molecule has 0 saturated heterocycles. The van der Waals surface area contributed by atoms with Crippen LogP contribution in [0.2, 0.25) is 0 Å². The van der Waals surface area contributed by atoms with Crippen molar-refractivity contribution < 1.29 is 27.4 Å². The number of hydrogen-bond acceptors (Lipinski definition) is 5. The zero-order valence-electron chi connectivity index (χ0n) is 21.1. The van der Waals surface area contributed by atoms with Crippen molar-refractivity contribution in [3.8, 4) is 23.3 Å². The van der Waals surface area contributed by atoms with Crippen molar-refractivity contribution in [1.82, 2.24) is 5.32 Å². The first kappa shape index (κ1) is 28.3. The van der Waals surface area contributed by atoms with Crippen LogP contribution in [0, 0.1) is 17.2 Å². The van der Waals surface area contributed by atoms with Crippen LogP contribution in [0.3, 0.4) is 0 Å². The van der Waals surface area contributed by atoms with Gasteiger partial charge in [-0.1, -0.05) is 32.0 Å². The summed E-state index contributed by atoms with van der Waals surface area (Å²) in [6.45, 7) is 5.43. The Balaban J connectivity index is 1.98. The van der Waals surface area contributed by atoms with Crippen molar-refractivity contribution in [3.05, 3.63) is 53.1 Å². The number of methoxy groups -OCH3 is 3. The molecule has 8 heteroatoms. The molecule has 0 fully saturated rings. The topological polar surface area (TPSA) is 63.5 Å². The molecule has 0 aromatic heterocycles. The zero-order chi connectivity index (χ0) is 26.1. The second-order valence-electron chi connectivity index (χ2n) is 8.81. The summed E-state index contributed by atoms with van der Waals surface area (Å²) in [5.41, 5.74) is 0.129. The predicted molar refractivity (Wildman–Crippen MR) is 130 cm³/mol. The van der Waals surface area contributed by atoms with Crippen molar-refractivity contribution in [2.24, 2.45) is 5.92 Å². The van der Waals surface area contributed by atoms with Crippen molar-refractivity contribution in [1.29, 1.82) is 5.26 Å². The lowest BCUT2D eigenvalue weighted by Gasteiger charge is -2.32. The Morgan fingerprint density at radius 1 is 0.914 bits per heavy atom. The van der Waals surface area contributed by atoms with Gasteiger partial charge in [0.25, 0.3) is 0 Å². The van der Waals surface area contributed by atoms with Crippen LogP contribution in [0.4, 0.5) is 13.2 Å². The number of benzene rings is 2. The van der Waals surface area contributed by atoms with Gasteiger partial charge in [-0.25, -0.2) is 0 Å². The molecule has 2 aromatic carbocycles. The lowest BCUT2D eigenvalue weighted by molar-refractivity contribution is -0.137. The highest BCUT2D eigenvalue weighted by molar-refractivity contribution is 5.56. The van der Waals surface area contributed by atoms with Gasteiger partial charge in [-0.2, -0.15) is 18.4 Å². The number of nitriles is 1. The SMILES string of the molecule is COc1cc(C(C#N)(CCCNCCCc2cccc(C(F)(F)F)c2)C(C)C)cc(OC)c1OC. The van der Waals surface area contributed by atoms with Crippen LogP contribution in [0.15, 0.2) is 36.4 Å². The molecule has 2 rings (SSSR count). The van der Waals surface area contributed by atoms with E-state index >= 15 is 0 Å². The molecular weight excluding hydrogens is 457 g/mol. The summed E-state index contributed by atoms with van der Waals surface area (Å²) >= 11 is 0. The molecule has 0 spiro atoms. The summed E-state index contributed by atoms with van der Waals surface area (Å²) in [6, 6.07) is 11.7. The summed E-state index contributed by atoms with van der Waals surface area (Å²) in [4.78, 5) is 0. The predicted octanol–water partition coefficient (Wildman–Crippen LogP) is 6.15. The van der Waals surface area contributed by atoms with E-state index in [1.807, 2.05) is 26.0 Å². The molecule has 0 aliphatic heterocycles. The molecule has 0 radical (unpaired) electrons. The first-order valence-electron chi connectivity index (χ1n) is 11.7. The molecule has 0 amide bonds. The van der Waals surface area contributed by atoms with Crippen LogP contribution in [0.1, 0.15) is 49.8 Å². The normalized spacial score (nSPS) is 13.3. The van der Waals surface area contributed by atoms with Gasteiger partial charge >= 0.3 is 6.18 Å². The number of ether oxygens (including phenoxy) is 3. The smallest absolute Gasteiger partial charge is 0.416 e. The van der Waals surface area contributed by atoms with Crippen LogP contribution >= 0.6 is 0 Å². The van der Waals surface area contributed by atoms with Gasteiger partial charge in [0.15, 0.2) is 11.5 Å². The van der Waals surface area contributed by atoms with Crippen molar-refractivity contribution in [2.45, 2.75) is 51.1 Å². The number of aryl methyl sites for hydroxylation is 1. The van der Waals surface area contributed by atoms with Crippen LogP contribution < -0.4 is 19.5 Å². The monoisotopic (exact) mass is 492 g/mol. The van der Waals surface area contributed by atoms with Gasteiger partial charge < -0.3 is 19.5 Å². The van der Waals surface area contributed by atoms with Gasteiger partial charge in [-0.15, -0.1) is 0 Å². The van der Waals surface area contributed by atoms with E-state index in [4.69, 9.17) is 14.2 Å². The van der Waals surface area contributed by atoms with Crippen molar-refractivity contribution in [2.75, 3.05) is 34.4 Å². The summed E-state index contributed by atoms with van der Waals surface area (Å²) in [7, 11) is 4.64. The highest BCUT2D eigenvalue weighted by Gasteiger charge is 2.37. The molecule has 0 bridgehead atoms. The Hall–Kier alpha value is -2.92. The third kappa shape index (κ3) is 7.04. The Kier molecular flexibility index (Phi) is 10.3. The number of hydrogen-bond donors (Lipinski definition) is 1. The van der Waals surface area contributed by atoms with Crippen LogP contribution in [-0.2, 0) is 18.0 Å². The highest BCUT2D eigenvalue weighted by Crippen LogP contribution is 2.45. The van der Waals surface area contributed by atoms with E-state index in [1.54, 1.807) is 27.4 Å². The molecular formula is C27H35F3N2O3. The average Bonchev–Trinajstić information content (AvgIpc) is 2.84. The average molecular weight is 493 g/mol. The molecule has 1 atom stereocenters. The van der Waals surface area contributed by atoms with E-state index in [-0.39, 0.29) is 5.92 Å². The van der Waals surface area contributed by atoms with Gasteiger partial charge in [-0.3, -0.25) is 0 Å². The van der Waals surface area contributed by atoms with Crippen molar-refractivity contribution in [3.63, 3.8) is 0 Å². The van der Waals surface area contributed by atoms with Gasteiger partial charge in [0.2, 0.25) is 5.75 Å². The van der Waals surface area contributed by atoms with E-state index in [1.165, 1.54) is 12.1 Å². The van der Waals surface area contributed by atoms with E-state index in [2.05, 4.69) is 11.4 Å². The summed E-state index contributed by atoms with van der Waals surface area (Å²) < 4.78 is 55.0. The number of halogens is 3. The van der Waals surface area contributed by atoms with Gasteiger partial charge in [-0.05, 0) is 74.0 Å². The van der Waals surface area contributed by atoms with E-state index in [9.17, 15) is 18.4 Å². The Morgan fingerprint density at radius 3 is 2.06 bits per heavy atom. The van der Waals surface area contributed by atoms with Gasteiger partial charge in [0, 0.05) is 0 Å². The fourth-order valence-corrected chi connectivity index (χ4v) is 4.29. The molecule has 35 heavy (non-hydrogen) atoms. The fourth-order valence-electron chi connectivity index (χ4n) is 4.29. The maximum absolute atomic E-state index is 12.9. The van der Waals surface area contributed by atoms with Crippen LogP contribution in [0.25, 0.3) is 0 Å². The lowest BCUT2D eigenvalue weighted by atomic mass is 9.69. The number of nitrogens with one attached hydrogen (secondary N) is 1. The second kappa shape index (κ2) is 12.7. The fraction of sp³-hybridized carbons (Fsp3) is 0.519. The minimum Gasteiger partial charge on any atom is -0.493 e. The van der Waals surface area contributed by atoms with E-state index in [0.717, 1.165) is 24.5 Å². The minimum absolute atomic E-state index is 0.0382. The van der Waals surface area contributed by atoms with E-state index in [0.29, 0.717) is 48.7 Å². The van der Waals surface area contributed by atoms with Crippen molar-refractivity contribution >= 4 is 0 Å². The second-order valence-corrected chi connectivity index (χ2v) is 8.81. The molecule has 5 nitrogen and oxygen atoms in total. The Morgan fingerprint density at radius 2 is 1.54 bits per heavy atom. The van der Waals surface area contributed by atoms with Gasteiger partial charge in [0.05, 0.1) is 38.4 Å². The Bertz CT molecular complexity index is 977. The third-order valence-electron chi connectivity index (χ3n) is 6.36. The molecule has 0 heterocycles.